The molecule has 1 heterocycles. The Hall–Kier alpha value is -1.61. The summed E-state index contributed by atoms with van der Waals surface area (Å²) in [6.45, 7) is 4.60. The predicted molar refractivity (Wildman–Crippen MR) is 67.1 cm³/mol. The molecule has 17 heavy (non-hydrogen) atoms. The molecule has 2 aromatic rings. The summed E-state index contributed by atoms with van der Waals surface area (Å²) >= 11 is 0. The molecule has 0 N–H and O–H groups in total. The molecular weight excluding hydrogens is 216 g/mol. The van der Waals surface area contributed by atoms with E-state index < -0.39 is 0 Å². The Morgan fingerprint density at radius 3 is 2.88 bits per heavy atom. The Morgan fingerprint density at radius 2 is 2.12 bits per heavy atom. The number of hydrogen-bond donors (Lipinski definition) is 0. The summed E-state index contributed by atoms with van der Waals surface area (Å²) in [7, 11) is 0. The standard InChI is InChI=1S/C14H16O3/c1-3-8-16-10(2)13-9-11-6-4-5-7-12(11)14(15)17-13/h4-7,9-10H,3,8H2,1-2H3. The van der Waals surface area contributed by atoms with Crippen molar-refractivity contribution in [1.29, 1.82) is 0 Å². The zero-order chi connectivity index (χ0) is 12.3. The van der Waals surface area contributed by atoms with Crippen molar-refractivity contribution in [2.75, 3.05) is 6.61 Å². The fourth-order valence-corrected chi connectivity index (χ4v) is 1.73. The van der Waals surface area contributed by atoms with Crippen molar-refractivity contribution < 1.29 is 9.15 Å². The first-order valence-corrected chi connectivity index (χ1v) is 5.86. The first kappa shape index (κ1) is 11.9. The minimum Gasteiger partial charge on any atom is -0.425 e. The lowest BCUT2D eigenvalue weighted by Gasteiger charge is -2.11. The van der Waals surface area contributed by atoms with E-state index in [1.165, 1.54) is 0 Å². The van der Waals surface area contributed by atoms with Gasteiger partial charge in [-0.25, -0.2) is 4.79 Å². The predicted octanol–water partition coefficient (Wildman–Crippen LogP) is 3.28. The average molecular weight is 232 g/mol. The van der Waals surface area contributed by atoms with Crippen LogP contribution in [0.3, 0.4) is 0 Å². The second kappa shape index (κ2) is 5.15. The molecule has 0 saturated heterocycles. The van der Waals surface area contributed by atoms with Crippen LogP contribution < -0.4 is 5.63 Å². The van der Waals surface area contributed by atoms with Crippen molar-refractivity contribution in [2.45, 2.75) is 26.4 Å². The maximum absolute atomic E-state index is 11.8. The molecule has 1 aromatic heterocycles. The molecule has 0 aliphatic rings. The number of benzene rings is 1. The zero-order valence-corrected chi connectivity index (χ0v) is 10.1. The molecule has 90 valence electrons. The van der Waals surface area contributed by atoms with Crippen LogP contribution >= 0.6 is 0 Å². The molecule has 1 aromatic carbocycles. The number of fused-ring (bicyclic) bond motifs is 1. The van der Waals surface area contributed by atoms with Crippen molar-refractivity contribution in [3.8, 4) is 0 Å². The van der Waals surface area contributed by atoms with Crippen LogP contribution in [-0.2, 0) is 4.74 Å². The van der Waals surface area contributed by atoms with E-state index in [1.807, 2.05) is 38.1 Å². The van der Waals surface area contributed by atoms with Gasteiger partial charge in [0.25, 0.3) is 0 Å². The highest BCUT2D eigenvalue weighted by molar-refractivity contribution is 5.81. The fourth-order valence-electron chi connectivity index (χ4n) is 1.73. The van der Waals surface area contributed by atoms with Crippen LogP contribution in [0.15, 0.2) is 39.5 Å². The second-order valence-electron chi connectivity index (χ2n) is 4.04. The monoisotopic (exact) mass is 232 g/mol. The summed E-state index contributed by atoms with van der Waals surface area (Å²) in [6.07, 6.45) is 0.759. The van der Waals surface area contributed by atoms with E-state index in [2.05, 4.69) is 0 Å². The Balaban J connectivity index is 2.39. The number of ether oxygens (including phenoxy) is 1. The second-order valence-corrected chi connectivity index (χ2v) is 4.04. The number of rotatable bonds is 4. The largest absolute Gasteiger partial charge is 0.425 e. The van der Waals surface area contributed by atoms with Crippen LogP contribution in [0.25, 0.3) is 10.8 Å². The summed E-state index contributed by atoms with van der Waals surface area (Å²) < 4.78 is 10.8. The van der Waals surface area contributed by atoms with Gasteiger partial charge in [-0.15, -0.1) is 0 Å². The van der Waals surface area contributed by atoms with Gasteiger partial charge in [0.2, 0.25) is 0 Å². The quantitative estimate of drug-likeness (QED) is 0.812. The third-order valence-electron chi connectivity index (χ3n) is 2.66. The van der Waals surface area contributed by atoms with E-state index in [-0.39, 0.29) is 11.7 Å². The van der Waals surface area contributed by atoms with Gasteiger partial charge in [0.15, 0.2) is 0 Å². The van der Waals surface area contributed by atoms with Crippen molar-refractivity contribution in [3.63, 3.8) is 0 Å². The molecular formula is C14H16O3. The lowest BCUT2D eigenvalue weighted by molar-refractivity contribution is 0.0493. The Morgan fingerprint density at radius 1 is 1.35 bits per heavy atom. The summed E-state index contributed by atoms with van der Waals surface area (Å²) in [5, 5.41) is 1.50. The molecule has 3 heteroatoms. The minimum absolute atomic E-state index is 0.188. The van der Waals surface area contributed by atoms with Crippen molar-refractivity contribution in [3.05, 3.63) is 46.5 Å². The van der Waals surface area contributed by atoms with E-state index in [1.54, 1.807) is 6.07 Å². The molecule has 0 aliphatic carbocycles. The first-order valence-electron chi connectivity index (χ1n) is 5.86. The maximum Gasteiger partial charge on any atom is 0.343 e. The summed E-state index contributed by atoms with van der Waals surface area (Å²) in [5.74, 6) is 0.585. The van der Waals surface area contributed by atoms with Crippen molar-refractivity contribution in [2.24, 2.45) is 0 Å². The van der Waals surface area contributed by atoms with Crippen LogP contribution in [-0.4, -0.2) is 6.61 Å². The molecule has 0 bridgehead atoms. The van der Waals surface area contributed by atoms with Crippen LogP contribution in [0.2, 0.25) is 0 Å². The highest BCUT2D eigenvalue weighted by Crippen LogP contribution is 2.19. The normalized spacial score (nSPS) is 12.8. The van der Waals surface area contributed by atoms with Crippen LogP contribution in [0.1, 0.15) is 32.1 Å². The molecule has 0 fully saturated rings. The van der Waals surface area contributed by atoms with E-state index >= 15 is 0 Å². The Labute approximate surface area is 100 Å². The van der Waals surface area contributed by atoms with E-state index in [0.29, 0.717) is 17.8 Å². The van der Waals surface area contributed by atoms with Gasteiger partial charge >= 0.3 is 5.63 Å². The SMILES string of the molecule is CCCOC(C)c1cc2ccccc2c(=O)o1. The van der Waals surface area contributed by atoms with E-state index in [4.69, 9.17) is 9.15 Å². The summed E-state index contributed by atoms with van der Waals surface area (Å²) in [5.41, 5.74) is -0.301. The molecule has 1 unspecified atom stereocenters. The Kier molecular flexibility index (Phi) is 3.59. The molecule has 2 rings (SSSR count). The first-order chi connectivity index (χ1) is 8.22. The van der Waals surface area contributed by atoms with Gasteiger partial charge in [0, 0.05) is 6.61 Å². The van der Waals surface area contributed by atoms with Gasteiger partial charge in [-0.05, 0) is 30.9 Å². The van der Waals surface area contributed by atoms with E-state index in [9.17, 15) is 4.79 Å². The molecule has 3 nitrogen and oxygen atoms in total. The van der Waals surface area contributed by atoms with Gasteiger partial charge in [-0.1, -0.05) is 25.1 Å². The highest BCUT2D eigenvalue weighted by Gasteiger charge is 2.11. The van der Waals surface area contributed by atoms with Crippen LogP contribution in [0.5, 0.6) is 0 Å². The lowest BCUT2D eigenvalue weighted by Crippen LogP contribution is -2.07. The van der Waals surface area contributed by atoms with Gasteiger partial charge in [0.1, 0.15) is 11.9 Å². The van der Waals surface area contributed by atoms with Crippen LogP contribution in [0, 0.1) is 0 Å². The zero-order valence-electron chi connectivity index (χ0n) is 10.1. The number of hydrogen-bond acceptors (Lipinski definition) is 3. The Bertz CT molecular complexity index is 557. The van der Waals surface area contributed by atoms with Gasteiger partial charge in [-0.3, -0.25) is 0 Å². The maximum atomic E-state index is 11.8. The molecule has 0 radical (unpaired) electrons. The summed E-state index contributed by atoms with van der Waals surface area (Å²) in [4.78, 5) is 11.8. The molecule has 0 amide bonds. The highest BCUT2D eigenvalue weighted by atomic mass is 16.5. The molecule has 0 spiro atoms. The smallest absolute Gasteiger partial charge is 0.343 e. The molecule has 1 atom stereocenters. The molecule has 0 saturated carbocycles. The van der Waals surface area contributed by atoms with Gasteiger partial charge < -0.3 is 9.15 Å². The van der Waals surface area contributed by atoms with Crippen LogP contribution in [0.4, 0.5) is 0 Å². The minimum atomic E-state index is -0.301. The van der Waals surface area contributed by atoms with Gasteiger partial charge in [0.05, 0.1) is 5.39 Å². The lowest BCUT2D eigenvalue weighted by atomic mass is 10.1. The van der Waals surface area contributed by atoms with Gasteiger partial charge in [-0.2, -0.15) is 0 Å². The third kappa shape index (κ3) is 2.56. The average Bonchev–Trinajstić information content (AvgIpc) is 2.36. The third-order valence-corrected chi connectivity index (χ3v) is 2.66. The van der Waals surface area contributed by atoms with E-state index in [0.717, 1.165) is 11.8 Å². The summed E-state index contributed by atoms with van der Waals surface area (Å²) in [6, 6.07) is 9.28. The fraction of sp³-hybridized carbons (Fsp3) is 0.357. The van der Waals surface area contributed by atoms with Crippen molar-refractivity contribution in [1.82, 2.24) is 0 Å². The topological polar surface area (TPSA) is 39.4 Å². The van der Waals surface area contributed by atoms with Crippen molar-refractivity contribution >= 4 is 10.8 Å². The molecule has 0 aliphatic heterocycles.